The van der Waals surface area contributed by atoms with Crippen LogP contribution in [0, 0.1) is 0 Å². The van der Waals surface area contributed by atoms with E-state index in [2.05, 4.69) is 69.1 Å². The average molecular weight is 502 g/mol. The molecule has 29 heavy (non-hydrogen) atoms. The molecule has 1 heterocycles. The predicted molar refractivity (Wildman–Crippen MR) is 129 cm³/mol. The number of halogens is 1. The van der Waals surface area contributed by atoms with Crippen molar-refractivity contribution >= 4 is 29.9 Å². The van der Waals surface area contributed by atoms with Gasteiger partial charge >= 0.3 is 0 Å². The maximum absolute atomic E-state index is 5.18. The SMILES string of the molecule is CN=C(NCc1cccc(OC)n1)NCC(c1ccccc1)c1ccccc1.I. The third kappa shape index (κ3) is 6.74. The summed E-state index contributed by atoms with van der Waals surface area (Å²) in [4.78, 5) is 8.76. The lowest BCUT2D eigenvalue weighted by Gasteiger charge is -2.20. The molecule has 0 aliphatic rings. The van der Waals surface area contributed by atoms with Crippen molar-refractivity contribution in [2.75, 3.05) is 20.7 Å². The summed E-state index contributed by atoms with van der Waals surface area (Å²) in [5.74, 6) is 1.58. The first-order chi connectivity index (χ1) is 13.8. The molecule has 0 fully saturated rings. The van der Waals surface area contributed by atoms with Crippen molar-refractivity contribution in [3.8, 4) is 5.88 Å². The Balaban J connectivity index is 0.00000300. The molecule has 2 aromatic carbocycles. The molecule has 152 valence electrons. The van der Waals surface area contributed by atoms with Crippen LogP contribution in [0.4, 0.5) is 0 Å². The summed E-state index contributed by atoms with van der Waals surface area (Å²) in [6.07, 6.45) is 0. The van der Waals surface area contributed by atoms with Crippen LogP contribution >= 0.6 is 24.0 Å². The summed E-state index contributed by atoms with van der Waals surface area (Å²) >= 11 is 0. The highest BCUT2D eigenvalue weighted by atomic mass is 127. The number of aromatic nitrogens is 1. The van der Waals surface area contributed by atoms with Gasteiger partial charge in [-0.25, -0.2) is 4.98 Å². The van der Waals surface area contributed by atoms with Gasteiger partial charge in [-0.1, -0.05) is 66.7 Å². The molecule has 6 heteroatoms. The number of hydrogen-bond donors (Lipinski definition) is 2. The first-order valence-corrected chi connectivity index (χ1v) is 9.34. The fourth-order valence-corrected chi connectivity index (χ4v) is 3.06. The lowest BCUT2D eigenvalue weighted by atomic mass is 9.91. The molecule has 0 aliphatic heterocycles. The standard InChI is InChI=1S/C23H26N4O.HI/c1-24-23(25-16-20-14-9-15-22(27-20)28-2)26-17-21(18-10-5-3-6-11-18)19-12-7-4-8-13-19;/h3-15,21H,16-17H2,1-2H3,(H2,24,25,26);1H. The van der Waals surface area contributed by atoms with Crippen molar-refractivity contribution in [2.24, 2.45) is 4.99 Å². The average Bonchev–Trinajstić information content (AvgIpc) is 2.77. The maximum atomic E-state index is 5.18. The Labute approximate surface area is 189 Å². The van der Waals surface area contributed by atoms with Crippen LogP contribution in [-0.4, -0.2) is 31.6 Å². The van der Waals surface area contributed by atoms with Crippen LogP contribution in [0.3, 0.4) is 0 Å². The topological polar surface area (TPSA) is 58.5 Å². The number of methoxy groups -OCH3 is 1. The van der Waals surface area contributed by atoms with E-state index >= 15 is 0 Å². The minimum atomic E-state index is 0. The van der Waals surface area contributed by atoms with E-state index in [0.717, 1.165) is 18.2 Å². The van der Waals surface area contributed by atoms with E-state index in [9.17, 15) is 0 Å². The molecule has 0 radical (unpaired) electrons. The minimum absolute atomic E-state index is 0. The fourth-order valence-electron chi connectivity index (χ4n) is 3.06. The van der Waals surface area contributed by atoms with Crippen LogP contribution in [0.1, 0.15) is 22.7 Å². The Morgan fingerprint density at radius 3 is 2.07 bits per heavy atom. The number of pyridine rings is 1. The number of nitrogens with zero attached hydrogens (tertiary/aromatic N) is 2. The van der Waals surface area contributed by atoms with E-state index in [0.29, 0.717) is 12.4 Å². The van der Waals surface area contributed by atoms with Crippen molar-refractivity contribution in [3.63, 3.8) is 0 Å². The molecule has 0 unspecified atom stereocenters. The van der Waals surface area contributed by atoms with Crippen LogP contribution in [0.5, 0.6) is 5.88 Å². The molecule has 0 spiro atoms. The zero-order chi connectivity index (χ0) is 19.6. The van der Waals surface area contributed by atoms with E-state index in [4.69, 9.17) is 4.74 Å². The van der Waals surface area contributed by atoms with E-state index in [-0.39, 0.29) is 29.9 Å². The Kier molecular flexibility index (Phi) is 9.43. The lowest BCUT2D eigenvalue weighted by molar-refractivity contribution is 0.396. The van der Waals surface area contributed by atoms with Crippen LogP contribution < -0.4 is 15.4 Å². The van der Waals surface area contributed by atoms with Crippen molar-refractivity contribution < 1.29 is 4.74 Å². The molecule has 0 amide bonds. The van der Waals surface area contributed by atoms with E-state index in [1.54, 1.807) is 14.2 Å². The number of aliphatic imine (C=N–C) groups is 1. The molecular weight excluding hydrogens is 475 g/mol. The van der Waals surface area contributed by atoms with Crippen LogP contribution in [-0.2, 0) is 6.54 Å². The molecule has 0 aliphatic carbocycles. The zero-order valence-corrected chi connectivity index (χ0v) is 19.0. The normalized spacial score (nSPS) is 10.9. The third-order valence-electron chi connectivity index (χ3n) is 4.53. The molecule has 0 bridgehead atoms. The van der Waals surface area contributed by atoms with Gasteiger partial charge in [0.2, 0.25) is 5.88 Å². The number of ether oxygens (including phenoxy) is 1. The second-order valence-electron chi connectivity index (χ2n) is 6.35. The molecule has 2 N–H and O–H groups in total. The number of benzene rings is 2. The second-order valence-corrected chi connectivity index (χ2v) is 6.35. The summed E-state index contributed by atoms with van der Waals surface area (Å²) in [6.45, 7) is 1.30. The number of hydrogen-bond acceptors (Lipinski definition) is 3. The van der Waals surface area contributed by atoms with Gasteiger partial charge in [-0.05, 0) is 17.2 Å². The van der Waals surface area contributed by atoms with Gasteiger partial charge in [0.05, 0.1) is 19.3 Å². The highest BCUT2D eigenvalue weighted by Crippen LogP contribution is 2.23. The summed E-state index contributed by atoms with van der Waals surface area (Å²) in [5.41, 5.74) is 3.43. The first kappa shape index (κ1) is 22.7. The van der Waals surface area contributed by atoms with Gasteiger partial charge in [0.1, 0.15) is 0 Å². The van der Waals surface area contributed by atoms with Gasteiger partial charge in [-0.2, -0.15) is 0 Å². The highest BCUT2D eigenvalue weighted by molar-refractivity contribution is 14.0. The molecule has 0 atom stereocenters. The molecule has 5 nitrogen and oxygen atoms in total. The monoisotopic (exact) mass is 502 g/mol. The Morgan fingerprint density at radius 2 is 1.52 bits per heavy atom. The van der Waals surface area contributed by atoms with Gasteiger partial charge in [0.15, 0.2) is 5.96 Å². The number of guanidine groups is 1. The predicted octanol–water partition coefficient (Wildman–Crippen LogP) is 4.21. The molecule has 1 aromatic heterocycles. The quantitative estimate of drug-likeness (QED) is 0.289. The molecule has 0 saturated carbocycles. The van der Waals surface area contributed by atoms with E-state index in [1.807, 2.05) is 30.3 Å². The first-order valence-electron chi connectivity index (χ1n) is 9.34. The summed E-state index contributed by atoms with van der Waals surface area (Å²) < 4.78 is 5.18. The van der Waals surface area contributed by atoms with Gasteiger partial charge in [0, 0.05) is 25.6 Å². The molecule has 3 rings (SSSR count). The van der Waals surface area contributed by atoms with Crippen LogP contribution in [0.2, 0.25) is 0 Å². The molecular formula is C23H27IN4O. The smallest absolute Gasteiger partial charge is 0.213 e. The highest BCUT2D eigenvalue weighted by Gasteiger charge is 2.14. The van der Waals surface area contributed by atoms with Gasteiger partial charge in [-0.3, -0.25) is 4.99 Å². The largest absolute Gasteiger partial charge is 0.481 e. The van der Waals surface area contributed by atoms with Gasteiger partial charge in [-0.15, -0.1) is 24.0 Å². The van der Waals surface area contributed by atoms with Crippen molar-refractivity contribution in [2.45, 2.75) is 12.5 Å². The summed E-state index contributed by atoms with van der Waals surface area (Å²) in [7, 11) is 3.39. The third-order valence-corrected chi connectivity index (χ3v) is 4.53. The maximum Gasteiger partial charge on any atom is 0.213 e. The van der Waals surface area contributed by atoms with E-state index in [1.165, 1.54) is 11.1 Å². The van der Waals surface area contributed by atoms with Crippen molar-refractivity contribution in [1.29, 1.82) is 0 Å². The Morgan fingerprint density at radius 1 is 0.897 bits per heavy atom. The Bertz CT molecular complexity index is 848. The zero-order valence-electron chi connectivity index (χ0n) is 16.7. The lowest BCUT2D eigenvalue weighted by Crippen LogP contribution is -2.39. The number of rotatable bonds is 7. The minimum Gasteiger partial charge on any atom is -0.481 e. The number of nitrogens with one attached hydrogen (secondary N) is 2. The second kappa shape index (κ2) is 12.1. The molecule has 3 aromatic rings. The summed E-state index contributed by atoms with van der Waals surface area (Å²) in [6, 6.07) is 26.8. The molecule has 0 saturated heterocycles. The van der Waals surface area contributed by atoms with Gasteiger partial charge in [0.25, 0.3) is 0 Å². The van der Waals surface area contributed by atoms with E-state index < -0.39 is 0 Å². The fraction of sp³-hybridized carbons (Fsp3) is 0.217. The van der Waals surface area contributed by atoms with Crippen LogP contribution in [0.25, 0.3) is 0 Å². The van der Waals surface area contributed by atoms with Gasteiger partial charge < -0.3 is 15.4 Å². The Hall–Kier alpha value is -2.61. The van der Waals surface area contributed by atoms with Crippen LogP contribution in [0.15, 0.2) is 83.9 Å². The summed E-state index contributed by atoms with van der Waals surface area (Å²) in [5, 5.41) is 6.76. The van der Waals surface area contributed by atoms with Crippen molar-refractivity contribution in [3.05, 3.63) is 95.7 Å². The van der Waals surface area contributed by atoms with Crippen molar-refractivity contribution in [1.82, 2.24) is 15.6 Å².